The Hall–Kier alpha value is -2.24. The summed E-state index contributed by atoms with van der Waals surface area (Å²) in [7, 11) is 0. The molecule has 0 atom stereocenters. The Morgan fingerprint density at radius 1 is 1.04 bits per heavy atom. The molecule has 2 aromatic carbocycles. The number of benzene rings is 2. The van der Waals surface area contributed by atoms with Crippen LogP contribution in [0.2, 0.25) is 10.0 Å². The van der Waals surface area contributed by atoms with Crippen molar-refractivity contribution in [3.8, 4) is 5.75 Å². The number of fused-ring (bicyclic) bond motifs is 1. The van der Waals surface area contributed by atoms with Crippen LogP contribution in [-0.4, -0.2) is 11.2 Å². The van der Waals surface area contributed by atoms with Crippen molar-refractivity contribution in [2.24, 2.45) is 0 Å². The third-order valence-electron chi connectivity index (χ3n) is 3.30. The summed E-state index contributed by atoms with van der Waals surface area (Å²) in [6.07, 6.45) is 0. The minimum Gasteiger partial charge on any atom is -0.490 e. The lowest BCUT2D eigenvalue weighted by molar-refractivity contribution is 0.287. The molecular formula is C16H11Cl2NO4. The van der Waals surface area contributed by atoms with Gasteiger partial charge in [0.2, 0.25) is 0 Å². The normalized spacial score (nSPS) is 10.9. The van der Waals surface area contributed by atoms with Crippen LogP contribution in [0.25, 0.3) is 10.9 Å². The van der Waals surface area contributed by atoms with E-state index in [4.69, 9.17) is 32.4 Å². The quantitative estimate of drug-likeness (QED) is 0.723. The van der Waals surface area contributed by atoms with Gasteiger partial charge in [0.05, 0.1) is 22.5 Å². The maximum Gasteiger partial charge on any atom is 0.422 e. The predicted molar refractivity (Wildman–Crippen MR) is 88.7 cm³/mol. The molecule has 3 rings (SSSR count). The fraction of sp³-hybridized carbons (Fsp3) is 0.125. The van der Waals surface area contributed by atoms with Crippen molar-refractivity contribution < 1.29 is 9.15 Å². The van der Waals surface area contributed by atoms with Crippen LogP contribution in [0.3, 0.4) is 0 Å². The van der Waals surface area contributed by atoms with Crippen LogP contribution in [0.4, 0.5) is 0 Å². The van der Waals surface area contributed by atoms with Crippen LogP contribution in [-0.2, 0) is 6.54 Å². The van der Waals surface area contributed by atoms with E-state index in [1.165, 1.54) is 4.57 Å². The number of nitrogens with zero attached hydrogens (tertiary/aromatic N) is 1. The third-order valence-corrected chi connectivity index (χ3v) is 4.11. The van der Waals surface area contributed by atoms with E-state index in [2.05, 4.69) is 0 Å². The van der Waals surface area contributed by atoms with Crippen molar-refractivity contribution in [1.82, 2.24) is 4.57 Å². The molecule has 0 amide bonds. The van der Waals surface area contributed by atoms with Crippen LogP contribution in [0.15, 0.2) is 56.5 Å². The summed E-state index contributed by atoms with van der Waals surface area (Å²) < 4.78 is 11.6. The van der Waals surface area contributed by atoms with Crippen molar-refractivity contribution in [3.05, 3.63) is 73.5 Å². The van der Waals surface area contributed by atoms with E-state index in [-0.39, 0.29) is 13.2 Å². The average Bonchev–Trinajstić information content (AvgIpc) is 2.54. The number of halogens is 2. The molecule has 0 spiro atoms. The van der Waals surface area contributed by atoms with E-state index < -0.39 is 11.4 Å². The number of ether oxygens (including phenoxy) is 1. The smallest absolute Gasteiger partial charge is 0.422 e. The zero-order valence-electron chi connectivity index (χ0n) is 11.8. The molecule has 1 heterocycles. The summed E-state index contributed by atoms with van der Waals surface area (Å²) in [4.78, 5) is 23.6. The van der Waals surface area contributed by atoms with Gasteiger partial charge in [-0.1, -0.05) is 41.4 Å². The second kappa shape index (κ2) is 6.48. The van der Waals surface area contributed by atoms with Gasteiger partial charge in [0, 0.05) is 0 Å². The molecule has 0 bridgehead atoms. The van der Waals surface area contributed by atoms with Crippen LogP contribution in [0.5, 0.6) is 5.75 Å². The number of rotatable bonds is 4. The SMILES string of the molecule is O=c1oc(=O)n(CCOc2cccc(Cl)c2Cl)c2ccccc12. The van der Waals surface area contributed by atoms with Gasteiger partial charge >= 0.3 is 11.4 Å². The van der Waals surface area contributed by atoms with E-state index in [0.717, 1.165) is 0 Å². The van der Waals surface area contributed by atoms with Crippen LogP contribution in [0, 0.1) is 0 Å². The summed E-state index contributed by atoms with van der Waals surface area (Å²) >= 11 is 12.0. The Kier molecular flexibility index (Phi) is 4.41. The van der Waals surface area contributed by atoms with Crippen molar-refractivity contribution in [2.75, 3.05) is 6.61 Å². The molecule has 7 heteroatoms. The Morgan fingerprint density at radius 3 is 2.65 bits per heavy atom. The molecule has 0 fully saturated rings. The number of aromatic nitrogens is 1. The number of hydrogen-bond donors (Lipinski definition) is 0. The molecule has 3 aromatic rings. The molecular weight excluding hydrogens is 341 g/mol. The number of para-hydroxylation sites is 1. The van der Waals surface area contributed by atoms with Gasteiger partial charge in [0.15, 0.2) is 0 Å². The summed E-state index contributed by atoms with van der Waals surface area (Å²) in [5.41, 5.74) is -0.157. The predicted octanol–water partition coefficient (Wildman–Crippen LogP) is 3.34. The van der Waals surface area contributed by atoms with Crippen molar-refractivity contribution in [1.29, 1.82) is 0 Å². The molecule has 0 saturated carbocycles. The van der Waals surface area contributed by atoms with Crippen LogP contribution in [0.1, 0.15) is 0 Å². The Balaban J connectivity index is 1.87. The molecule has 0 unspecified atom stereocenters. The van der Waals surface area contributed by atoms with E-state index in [0.29, 0.717) is 26.7 Å². The summed E-state index contributed by atoms with van der Waals surface area (Å²) in [6, 6.07) is 11.8. The van der Waals surface area contributed by atoms with E-state index in [1.54, 1.807) is 42.5 Å². The molecule has 118 valence electrons. The van der Waals surface area contributed by atoms with E-state index in [9.17, 15) is 9.59 Å². The highest BCUT2D eigenvalue weighted by Crippen LogP contribution is 2.31. The molecule has 0 aliphatic carbocycles. The van der Waals surface area contributed by atoms with E-state index >= 15 is 0 Å². The lowest BCUT2D eigenvalue weighted by Gasteiger charge is -2.11. The largest absolute Gasteiger partial charge is 0.490 e. The standard InChI is InChI=1S/C16H11Cl2NO4/c17-11-5-3-7-13(14(11)18)22-9-8-19-12-6-2-1-4-10(12)15(20)23-16(19)21/h1-7H,8-9H2. The second-order valence-corrected chi connectivity index (χ2v) is 5.51. The maximum atomic E-state index is 11.9. The topological polar surface area (TPSA) is 61.4 Å². The zero-order chi connectivity index (χ0) is 16.4. The molecule has 0 radical (unpaired) electrons. The average molecular weight is 352 g/mol. The molecule has 0 N–H and O–H groups in total. The van der Waals surface area contributed by atoms with Gasteiger partial charge in [-0.25, -0.2) is 9.59 Å². The first-order chi connectivity index (χ1) is 11.1. The third kappa shape index (κ3) is 3.11. The summed E-state index contributed by atoms with van der Waals surface area (Å²) in [5, 5.41) is 1.04. The van der Waals surface area contributed by atoms with Gasteiger partial charge in [0.1, 0.15) is 17.4 Å². The first-order valence-corrected chi connectivity index (χ1v) is 7.53. The highest BCUT2D eigenvalue weighted by Gasteiger charge is 2.10. The Morgan fingerprint density at radius 2 is 1.83 bits per heavy atom. The molecule has 0 aliphatic heterocycles. The first-order valence-electron chi connectivity index (χ1n) is 6.77. The van der Waals surface area contributed by atoms with Gasteiger partial charge in [-0.3, -0.25) is 4.57 Å². The zero-order valence-corrected chi connectivity index (χ0v) is 13.3. The van der Waals surface area contributed by atoms with Gasteiger partial charge in [0.25, 0.3) is 0 Å². The first kappa shape index (κ1) is 15.6. The Labute approximate surface area is 140 Å². The summed E-state index contributed by atoms with van der Waals surface area (Å²) in [6.45, 7) is 0.365. The second-order valence-electron chi connectivity index (χ2n) is 4.72. The maximum absolute atomic E-state index is 11.9. The van der Waals surface area contributed by atoms with Crippen molar-refractivity contribution in [2.45, 2.75) is 6.54 Å². The highest BCUT2D eigenvalue weighted by atomic mass is 35.5. The molecule has 0 saturated heterocycles. The van der Waals surface area contributed by atoms with Gasteiger partial charge in [-0.15, -0.1) is 0 Å². The molecule has 1 aromatic heterocycles. The fourth-order valence-corrected chi connectivity index (χ4v) is 2.57. The lowest BCUT2D eigenvalue weighted by Crippen LogP contribution is -2.27. The van der Waals surface area contributed by atoms with Crippen molar-refractivity contribution in [3.63, 3.8) is 0 Å². The molecule has 5 nitrogen and oxygen atoms in total. The highest BCUT2D eigenvalue weighted by molar-refractivity contribution is 6.42. The Bertz CT molecular complexity index is 978. The van der Waals surface area contributed by atoms with Crippen LogP contribution < -0.4 is 16.1 Å². The minimum absolute atomic E-state index is 0.164. The fourth-order valence-electron chi connectivity index (χ4n) is 2.22. The van der Waals surface area contributed by atoms with Crippen LogP contribution >= 0.6 is 23.2 Å². The monoisotopic (exact) mass is 351 g/mol. The minimum atomic E-state index is -0.727. The van der Waals surface area contributed by atoms with Gasteiger partial charge in [-0.2, -0.15) is 0 Å². The van der Waals surface area contributed by atoms with Crippen molar-refractivity contribution >= 4 is 34.1 Å². The lowest BCUT2D eigenvalue weighted by atomic mass is 10.2. The van der Waals surface area contributed by atoms with Gasteiger partial charge in [-0.05, 0) is 24.3 Å². The molecule has 0 aliphatic rings. The summed E-state index contributed by atoms with van der Waals surface area (Å²) in [5.74, 6) is -0.302. The van der Waals surface area contributed by atoms with Gasteiger partial charge < -0.3 is 9.15 Å². The number of hydrogen-bond acceptors (Lipinski definition) is 4. The molecule has 23 heavy (non-hydrogen) atoms. The van der Waals surface area contributed by atoms with E-state index in [1.807, 2.05) is 0 Å².